The van der Waals surface area contributed by atoms with E-state index in [-0.39, 0.29) is 0 Å². The Bertz CT molecular complexity index is 271. The normalized spacial score (nSPS) is 20.8. The van der Waals surface area contributed by atoms with Crippen molar-refractivity contribution in [3.63, 3.8) is 0 Å². The van der Waals surface area contributed by atoms with E-state index in [0.29, 0.717) is 0 Å². The fourth-order valence-corrected chi connectivity index (χ4v) is 3.61. The van der Waals surface area contributed by atoms with Gasteiger partial charge in [-0.25, -0.2) is 0 Å². The van der Waals surface area contributed by atoms with Gasteiger partial charge in [0.1, 0.15) is 0 Å². The Morgan fingerprint density at radius 2 is 1.04 bits per heavy atom. The summed E-state index contributed by atoms with van der Waals surface area (Å²) in [5.74, 6) is 0. The molecule has 1 aliphatic rings. The lowest BCUT2D eigenvalue weighted by Crippen LogP contribution is -2.49. The summed E-state index contributed by atoms with van der Waals surface area (Å²) in [7, 11) is 0. The molecule has 25 heavy (non-hydrogen) atoms. The van der Waals surface area contributed by atoms with E-state index in [1.165, 1.54) is 43.6 Å². The highest BCUT2D eigenvalue weighted by Crippen LogP contribution is 2.07. The molecule has 0 aromatic heterocycles. The maximum Gasteiger partial charge on any atom is 0.0798 e. The third-order valence-corrected chi connectivity index (χ3v) is 5.76. The summed E-state index contributed by atoms with van der Waals surface area (Å²) in [6, 6.07) is 0. The fourth-order valence-electron chi connectivity index (χ4n) is 3.61. The molecule has 1 heterocycles. The number of rotatable bonds is 7. The van der Waals surface area contributed by atoms with Crippen molar-refractivity contribution in [2.75, 3.05) is 98.2 Å². The molecule has 0 atom stereocenters. The lowest BCUT2D eigenvalue weighted by atomic mass is 10.2. The van der Waals surface area contributed by atoms with Crippen molar-refractivity contribution in [3.8, 4) is 0 Å². The van der Waals surface area contributed by atoms with E-state index >= 15 is 0 Å². The van der Waals surface area contributed by atoms with Crippen molar-refractivity contribution in [1.29, 1.82) is 0 Å². The average Bonchev–Trinajstić information content (AvgIpc) is 2.65. The number of nitrogens with one attached hydrogen (secondary N) is 4. The predicted octanol–water partition coefficient (Wildman–Crippen LogP) is -0.0730. The molecular formula is C19H45N6+. The molecule has 0 aromatic rings. The van der Waals surface area contributed by atoms with Crippen LogP contribution >= 0.6 is 0 Å². The van der Waals surface area contributed by atoms with Crippen LogP contribution in [0.25, 0.3) is 0 Å². The van der Waals surface area contributed by atoms with Crippen LogP contribution in [0.3, 0.4) is 0 Å². The van der Waals surface area contributed by atoms with Crippen LogP contribution in [0.1, 0.15) is 27.2 Å². The molecule has 0 saturated carbocycles. The zero-order chi connectivity index (χ0) is 18.2. The van der Waals surface area contributed by atoms with E-state index in [4.69, 9.17) is 0 Å². The first-order valence-corrected chi connectivity index (χ1v) is 10.7. The summed E-state index contributed by atoms with van der Waals surface area (Å²) in [6.07, 6.45) is 1.30. The summed E-state index contributed by atoms with van der Waals surface area (Å²) < 4.78 is 1.27. The van der Waals surface area contributed by atoms with Gasteiger partial charge in [-0.2, -0.15) is 0 Å². The van der Waals surface area contributed by atoms with Crippen molar-refractivity contribution in [1.82, 2.24) is 26.2 Å². The second kappa shape index (κ2) is 14.9. The lowest BCUT2D eigenvalue weighted by Gasteiger charge is -2.36. The molecule has 4 N–H and O–H groups in total. The molecule has 0 bridgehead atoms. The molecule has 0 radical (unpaired) electrons. The number of quaternary nitrogens is 1. The van der Waals surface area contributed by atoms with Crippen LogP contribution in [-0.4, -0.2) is 108 Å². The summed E-state index contributed by atoms with van der Waals surface area (Å²) in [6.45, 7) is 24.2. The van der Waals surface area contributed by atoms with Gasteiger partial charge < -0.3 is 30.7 Å². The molecule has 1 aliphatic heterocycles. The van der Waals surface area contributed by atoms with Crippen LogP contribution in [0.2, 0.25) is 0 Å². The second-order valence-corrected chi connectivity index (χ2v) is 7.21. The van der Waals surface area contributed by atoms with Gasteiger partial charge in [-0.1, -0.05) is 0 Å². The highest BCUT2D eigenvalue weighted by atomic mass is 15.3. The molecular weight excluding hydrogens is 312 g/mol. The Hall–Kier alpha value is -0.240. The van der Waals surface area contributed by atoms with E-state index < -0.39 is 0 Å². The Labute approximate surface area is 156 Å². The smallest absolute Gasteiger partial charge is 0.0798 e. The van der Waals surface area contributed by atoms with E-state index in [1.807, 2.05) is 0 Å². The van der Waals surface area contributed by atoms with Crippen molar-refractivity contribution >= 4 is 0 Å². The molecule has 1 rings (SSSR count). The third-order valence-electron chi connectivity index (χ3n) is 5.76. The second-order valence-electron chi connectivity index (χ2n) is 7.21. The van der Waals surface area contributed by atoms with Gasteiger partial charge in [-0.3, -0.25) is 0 Å². The highest BCUT2D eigenvalue weighted by molar-refractivity contribution is 4.65. The molecule has 0 spiro atoms. The van der Waals surface area contributed by atoms with Gasteiger partial charge in [-0.05, 0) is 20.8 Å². The largest absolute Gasteiger partial charge is 0.324 e. The Morgan fingerprint density at radius 3 is 1.44 bits per heavy atom. The number of hydrogen-bond acceptors (Lipinski definition) is 5. The zero-order valence-electron chi connectivity index (χ0n) is 17.2. The van der Waals surface area contributed by atoms with E-state index in [2.05, 4.69) is 46.9 Å². The minimum Gasteiger partial charge on any atom is -0.324 e. The summed E-state index contributed by atoms with van der Waals surface area (Å²) in [4.78, 5) is 2.64. The molecule has 150 valence electrons. The maximum atomic E-state index is 3.58. The molecule has 6 nitrogen and oxygen atoms in total. The molecule has 0 unspecified atom stereocenters. The van der Waals surface area contributed by atoms with E-state index in [1.54, 1.807) is 0 Å². The van der Waals surface area contributed by atoms with Gasteiger partial charge in [0, 0.05) is 78.4 Å². The number of nitrogens with zero attached hydrogens (tertiary/aromatic N) is 2. The first kappa shape index (κ1) is 22.8. The molecule has 0 aromatic carbocycles. The highest BCUT2D eigenvalue weighted by Gasteiger charge is 2.20. The Kier molecular flexibility index (Phi) is 13.6. The van der Waals surface area contributed by atoms with E-state index in [9.17, 15) is 0 Å². The molecule has 0 aliphatic carbocycles. The van der Waals surface area contributed by atoms with Crippen LogP contribution in [0.4, 0.5) is 0 Å². The van der Waals surface area contributed by atoms with Crippen LogP contribution in [-0.2, 0) is 0 Å². The minimum absolute atomic E-state index is 1.06. The van der Waals surface area contributed by atoms with E-state index in [0.717, 1.165) is 65.4 Å². The van der Waals surface area contributed by atoms with Crippen molar-refractivity contribution in [2.24, 2.45) is 0 Å². The quantitative estimate of drug-likeness (QED) is 0.481. The SMILES string of the molecule is CC[N+](CC)(CC)CCCN1CCNCCNCCNCCNCC1. The predicted molar refractivity (Wildman–Crippen MR) is 109 cm³/mol. The number of hydrogen-bond donors (Lipinski definition) is 4. The standard InChI is InChI=1S/C19H45N6/c1-4-25(5-2,6-3)19-7-16-24-17-14-22-12-10-20-8-9-21-11-13-23-15-18-24/h20-23H,4-19H2,1-3H3/q+1. The van der Waals surface area contributed by atoms with Gasteiger partial charge in [-0.15, -0.1) is 0 Å². The minimum atomic E-state index is 1.06. The molecule has 1 fully saturated rings. The zero-order valence-corrected chi connectivity index (χ0v) is 17.2. The van der Waals surface area contributed by atoms with Crippen LogP contribution in [0.5, 0.6) is 0 Å². The molecule has 1 saturated heterocycles. The fraction of sp³-hybridized carbons (Fsp3) is 1.00. The molecule has 0 amide bonds. The average molecular weight is 358 g/mol. The maximum absolute atomic E-state index is 3.58. The van der Waals surface area contributed by atoms with Crippen LogP contribution in [0.15, 0.2) is 0 Å². The lowest BCUT2D eigenvalue weighted by molar-refractivity contribution is -0.923. The van der Waals surface area contributed by atoms with Crippen molar-refractivity contribution < 1.29 is 4.48 Å². The van der Waals surface area contributed by atoms with Crippen molar-refractivity contribution in [2.45, 2.75) is 27.2 Å². The van der Waals surface area contributed by atoms with Gasteiger partial charge in [0.2, 0.25) is 0 Å². The van der Waals surface area contributed by atoms with Crippen LogP contribution < -0.4 is 21.3 Å². The summed E-state index contributed by atoms with van der Waals surface area (Å²) in [5.41, 5.74) is 0. The van der Waals surface area contributed by atoms with Gasteiger partial charge in [0.05, 0.1) is 26.2 Å². The summed E-state index contributed by atoms with van der Waals surface area (Å²) in [5, 5.41) is 14.1. The third kappa shape index (κ3) is 10.5. The van der Waals surface area contributed by atoms with Crippen LogP contribution in [0, 0.1) is 0 Å². The first-order valence-electron chi connectivity index (χ1n) is 10.7. The summed E-state index contributed by atoms with van der Waals surface area (Å²) >= 11 is 0. The monoisotopic (exact) mass is 357 g/mol. The Morgan fingerprint density at radius 1 is 0.640 bits per heavy atom. The van der Waals surface area contributed by atoms with Crippen molar-refractivity contribution in [3.05, 3.63) is 0 Å². The van der Waals surface area contributed by atoms with Gasteiger partial charge in [0.25, 0.3) is 0 Å². The first-order chi connectivity index (χ1) is 12.3. The van der Waals surface area contributed by atoms with Gasteiger partial charge >= 0.3 is 0 Å². The van der Waals surface area contributed by atoms with Gasteiger partial charge in [0.15, 0.2) is 0 Å². The Balaban J connectivity index is 2.35. The topological polar surface area (TPSA) is 51.4 Å². The molecule has 6 heteroatoms.